The minimum absolute atomic E-state index is 0.0585. The quantitative estimate of drug-likeness (QED) is 0.598. The Morgan fingerprint density at radius 3 is 2.79 bits per heavy atom. The number of H-pyrrole nitrogens is 1. The molecule has 2 amide bonds. The number of aromatic amines is 1. The molecule has 1 aliphatic rings. The molecular formula is C18H16N4O2. The van der Waals surface area contributed by atoms with Gasteiger partial charge in [0.15, 0.2) is 0 Å². The predicted octanol–water partition coefficient (Wildman–Crippen LogP) is 2.93. The maximum atomic E-state index is 12.3. The molecule has 0 aliphatic carbocycles. The molecular weight excluding hydrogens is 304 g/mol. The summed E-state index contributed by atoms with van der Waals surface area (Å²) in [5.74, 6) is -0.420. The Balaban J connectivity index is 1.45. The van der Waals surface area contributed by atoms with Gasteiger partial charge in [-0.05, 0) is 35.7 Å². The molecule has 3 aromatic rings. The standard InChI is InChI=1S/C18H16N4O2/c23-17(20-12-6-5-11-7-8-19-15(11)9-12)10-16-18(24)22-14-4-2-1-3-13(14)21-16/h1-9,16,19,21H,10H2,(H,20,23)(H,22,24). The number of hydrogen-bond donors (Lipinski definition) is 4. The van der Waals surface area contributed by atoms with E-state index in [1.807, 2.05) is 54.7 Å². The number of carbonyl (C=O) groups excluding carboxylic acids is 2. The lowest BCUT2D eigenvalue weighted by molar-refractivity contribution is -0.122. The van der Waals surface area contributed by atoms with Crippen LogP contribution in [0.4, 0.5) is 17.1 Å². The van der Waals surface area contributed by atoms with Gasteiger partial charge in [-0.15, -0.1) is 0 Å². The van der Waals surface area contributed by atoms with Crippen molar-refractivity contribution in [3.8, 4) is 0 Å². The Morgan fingerprint density at radius 2 is 1.92 bits per heavy atom. The van der Waals surface area contributed by atoms with Crippen LogP contribution in [0.3, 0.4) is 0 Å². The molecule has 2 heterocycles. The lowest BCUT2D eigenvalue weighted by Gasteiger charge is -2.26. The van der Waals surface area contributed by atoms with Crippen molar-refractivity contribution in [2.75, 3.05) is 16.0 Å². The highest BCUT2D eigenvalue weighted by Crippen LogP contribution is 2.27. The van der Waals surface area contributed by atoms with Gasteiger partial charge in [0.05, 0.1) is 17.8 Å². The molecule has 24 heavy (non-hydrogen) atoms. The number of rotatable bonds is 3. The number of benzene rings is 2. The third-order valence-corrected chi connectivity index (χ3v) is 4.06. The van der Waals surface area contributed by atoms with E-state index in [2.05, 4.69) is 20.9 Å². The average molecular weight is 320 g/mol. The average Bonchev–Trinajstić information content (AvgIpc) is 3.03. The van der Waals surface area contributed by atoms with Crippen molar-refractivity contribution in [1.29, 1.82) is 0 Å². The topological polar surface area (TPSA) is 86.0 Å². The van der Waals surface area contributed by atoms with Crippen LogP contribution in [0.25, 0.3) is 10.9 Å². The zero-order valence-corrected chi connectivity index (χ0v) is 12.8. The Bertz CT molecular complexity index is 931. The molecule has 1 aromatic heterocycles. The molecule has 6 heteroatoms. The van der Waals surface area contributed by atoms with Gasteiger partial charge in [0.2, 0.25) is 11.8 Å². The van der Waals surface area contributed by atoms with E-state index in [0.717, 1.165) is 22.3 Å². The first kappa shape index (κ1) is 14.3. The Kier molecular flexibility index (Phi) is 3.42. The van der Waals surface area contributed by atoms with Crippen LogP contribution in [0.2, 0.25) is 0 Å². The van der Waals surface area contributed by atoms with Crippen LogP contribution < -0.4 is 16.0 Å². The number of para-hydroxylation sites is 2. The van der Waals surface area contributed by atoms with E-state index in [0.29, 0.717) is 5.69 Å². The number of hydrogen-bond acceptors (Lipinski definition) is 3. The van der Waals surface area contributed by atoms with E-state index in [4.69, 9.17) is 0 Å². The van der Waals surface area contributed by atoms with Crippen LogP contribution in [0, 0.1) is 0 Å². The molecule has 1 atom stereocenters. The summed E-state index contributed by atoms with van der Waals surface area (Å²) in [7, 11) is 0. The minimum Gasteiger partial charge on any atom is -0.372 e. The van der Waals surface area contributed by atoms with Crippen molar-refractivity contribution in [3.63, 3.8) is 0 Å². The van der Waals surface area contributed by atoms with E-state index < -0.39 is 6.04 Å². The molecule has 0 saturated carbocycles. The fourth-order valence-corrected chi connectivity index (χ4v) is 2.86. The maximum Gasteiger partial charge on any atom is 0.247 e. The Hall–Kier alpha value is -3.28. The molecule has 0 radical (unpaired) electrons. The first-order valence-electron chi connectivity index (χ1n) is 7.72. The molecule has 0 spiro atoms. The fourth-order valence-electron chi connectivity index (χ4n) is 2.86. The van der Waals surface area contributed by atoms with Gasteiger partial charge in [-0.25, -0.2) is 0 Å². The third-order valence-electron chi connectivity index (χ3n) is 4.06. The van der Waals surface area contributed by atoms with E-state index >= 15 is 0 Å². The smallest absolute Gasteiger partial charge is 0.247 e. The summed E-state index contributed by atoms with van der Waals surface area (Å²) in [6, 6.07) is 14.5. The van der Waals surface area contributed by atoms with Crippen LogP contribution in [0.5, 0.6) is 0 Å². The molecule has 120 valence electrons. The first-order valence-corrected chi connectivity index (χ1v) is 7.72. The van der Waals surface area contributed by atoms with Crippen molar-refractivity contribution < 1.29 is 9.59 Å². The maximum absolute atomic E-state index is 12.3. The summed E-state index contributed by atoms with van der Waals surface area (Å²) in [5, 5.41) is 9.84. The van der Waals surface area contributed by atoms with E-state index in [-0.39, 0.29) is 18.2 Å². The number of carbonyl (C=O) groups is 2. The summed E-state index contributed by atoms with van der Waals surface area (Å²) in [5.41, 5.74) is 3.21. The van der Waals surface area contributed by atoms with Gasteiger partial charge < -0.3 is 20.9 Å². The van der Waals surface area contributed by atoms with E-state index in [1.165, 1.54) is 0 Å². The molecule has 1 unspecified atom stereocenters. The van der Waals surface area contributed by atoms with Crippen molar-refractivity contribution in [2.45, 2.75) is 12.5 Å². The highest BCUT2D eigenvalue weighted by molar-refractivity contribution is 6.06. The molecule has 4 N–H and O–H groups in total. The fraction of sp³-hybridized carbons (Fsp3) is 0.111. The second kappa shape index (κ2) is 5.73. The number of anilines is 3. The number of aromatic nitrogens is 1. The van der Waals surface area contributed by atoms with Gasteiger partial charge in [-0.3, -0.25) is 9.59 Å². The Morgan fingerprint density at radius 1 is 1.08 bits per heavy atom. The summed E-state index contributed by atoms with van der Waals surface area (Å²) in [6.07, 6.45) is 1.91. The third kappa shape index (κ3) is 2.69. The van der Waals surface area contributed by atoms with Crippen LogP contribution in [0.1, 0.15) is 6.42 Å². The highest BCUT2D eigenvalue weighted by atomic mass is 16.2. The molecule has 0 saturated heterocycles. The lowest BCUT2D eigenvalue weighted by Crippen LogP contribution is -2.41. The minimum atomic E-state index is -0.589. The first-order chi connectivity index (χ1) is 11.7. The molecule has 2 aromatic carbocycles. The van der Waals surface area contributed by atoms with Gasteiger partial charge in [0, 0.05) is 17.4 Å². The summed E-state index contributed by atoms with van der Waals surface area (Å²) < 4.78 is 0. The number of amides is 2. The second-order valence-electron chi connectivity index (χ2n) is 5.76. The monoisotopic (exact) mass is 320 g/mol. The SMILES string of the molecule is O=C(CC1Nc2ccccc2NC1=O)Nc1ccc2cc[nH]c2c1. The van der Waals surface area contributed by atoms with Crippen LogP contribution in [0.15, 0.2) is 54.7 Å². The summed E-state index contributed by atoms with van der Waals surface area (Å²) in [4.78, 5) is 27.5. The molecule has 0 fully saturated rings. The van der Waals surface area contributed by atoms with Gasteiger partial charge in [0.1, 0.15) is 6.04 Å². The van der Waals surface area contributed by atoms with Crippen LogP contribution >= 0.6 is 0 Å². The van der Waals surface area contributed by atoms with Crippen molar-refractivity contribution in [1.82, 2.24) is 4.98 Å². The van der Waals surface area contributed by atoms with E-state index in [9.17, 15) is 9.59 Å². The van der Waals surface area contributed by atoms with Gasteiger partial charge in [-0.1, -0.05) is 18.2 Å². The van der Waals surface area contributed by atoms with Gasteiger partial charge in [-0.2, -0.15) is 0 Å². The van der Waals surface area contributed by atoms with Crippen molar-refractivity contribution >= 4 is 39.8 Å². The van der Waals surface area contributed by atoms with E-state index in [1.54, 1.807) is 0 Å². The molecule has 1 aliphatic heterocycles. The second-order valence-corrected chi connectivity index (χ2v) is 5.76. The highest BCUT2D eigenvalue weighted by Gasteiger charge is 2.27. The zero-order valence-electron chi connectivity index (χ0n) is 12.8. The summed E-state index contributed by atoms with van der Waals surface area (Å²) >= 11 is 0. The normalized spacial score (nSPS) is 16.2. The van der Waals surface area contributed by atoms with Crippen molar-refractivity contribution in [3.05, 3.63) is 54.7 Å². The van der Waals surface area contributed by atoms with Gasteiger partial charge in [0.25, 0.3) is 0 Å². The van der Waals surface area contributed by atoms with Gasteiger partial charge >= 0.3 is 0 Å². The largest absolute Gasteiger partial charge is 0.372 e. The lowest BCUT2D eigenvalue weighted by atomic mass is 10.1. The zero-order chi connectivity index (χ0) is 16.5. The van der Waals surface area contributed by atoms with Crippen molar-refractivity contribution in [2.24, 2.45) is 0 Å². The van der Waals surface area contributed by atoms with Crippen LogP contribution in [-0.2, 0) is 9.59 Å². The molecule has 6 nitrogen and oxygen atoms in total. The molecule has 0 bridgehead atoms. The predicted molar refractivity (Wildman–Crippen MR) is 94.0 cm³/mol. The Labute approximate surface area is 138 Å². The summed E-state index contributed by atoms with van der Waals surface area (Å²) in [6.45, 7) is 0. The molecule has 4 rings (SSSR count). The number of nitrogens with one attached hydrogen (secondary N) is 4. The van der Waals surface area contributed by atoms with Crippen LogP contribution in [-0.4, -0.2) is 22.8 Å². The number of fused-ring (bicyclic) bond motifs is 2.